The topological polar surface area (TPSA) is 26.3 Å². The van der Waals surface area contributed by atoms with Gasteiger partial charge in [-0.05, 0) is 18.6 Å². The molecule has 0 spiro atoms. The van der Waals surface area contributed by atoms with Crippen LogP contribution >= 0.6 is 0 Å². The lowest BCUT2D eigenvalue weighted by Gasteiger charge is -2.07. The lowest BCUT2D eigenvalue weighted by molar-refractivity contribution is 0.0918. The summed E-state index contributed by atoms with van der Waals surface area (Å²) in [4.78, 5) is 11.8. The quantitative estimate of drug-likeness (QED) is 0.770. The van der Waals surface area contributed by atoms with Crippen molar-refractivity contribution in [1.29, 1.82) is 0 Å². The van der Waals surface area contributed by atoms with E-state index in [-0.39, 0.29) is 18.1 Å². The van der Waals surface area contributed by atoms with Gasteiger partial charge in [-0.2, -0.15) is 0 Å². The maximum absolute atomic E-state index is 13.6. The van der Waals surface area contributed by atoms with Crippen LogP contribution < -0.4 is 4.74 Å². The number of ketones is 1. The Morgan fingerprint density at radius 2 is 1.83 bits per heavy atom. The van der Waals surface area contributed by atoms with Crippen molar-refractivity contribution in [3.63, 3.8) is 0 Å². The Hall–Kier alpha value is -2.16. The Morgan fingerprint density at radius 3 is 2.56 bits per heavy atom. The van der Waals surface area contributed by atoms with E-state index in [0.717, 1.165) is 0 Å². The van der Waals surface area contributed by atoms with Crippen molar-refractivity contribution in [3.05, 3.63) is 65.5 Å². The van der Waals surface area contributed by atoms with Crippen LogP contribution in [0.25, 0.3) is 0 Å². The largest absolute Gasteiger partial charge is 0.482 e. The molecule has 0 aliphatic carbocycles. The van der Waals surface area contributed by atoms with Crippen LogP contribution in [-0.2, 0) is 0 Å². The summed E-state index contributed by atoms with van der Waals surface area (Å²) in [5.74, 6) is -0.478. The van der Waals surface area contributed by atoms with Crippen molar-refractivity contribution in [2.75, 3.05) is 6.61 Å². The molecule has 0 bridgehead atoms. The zero-order chi connectivity index (χ0) is 13.0. The van der Waals surface area contributed by atoms with Crippen molar-refractivity contribution in [3.8, 4) is 5.75 Å². The first-order valence-electron chi connectivity index (χ1n) is 5.64. The molecule has 3 heteroatoms. The number of rotatable bonds is 4. The van der Waals surface area contributed by atoms with Crippen LogP contribution in [0.2, 0.25) is 0 Å². The molecule has 2 nitrogen and oxygen atoms in total. The van der Waals surface area contributed by atoms with Gasteiger partial charge in [0.15, 0.2) is 24.0 Å². The zero-order valence-corrected chi connectivity index (χ0v) is 10.0. The summed E-state index contributed by atoms with van der Waals surface area (Å²) in [6, 6.07) is 13.7. The molecule has 0 aromatic heterocycles. The minimum atomic E-state index is -0.418. The molecule has 0 unspecified atom stereocenters. The molecule has 0 saturated carbocycles. The Bertz CT molecular complexity index is 550. The van der Waals surface area contributed by atoms with Crippen molar-refractivity contribution in [2.45, 2.75) is 6.92 Å². The monoisotopic (exact) mass is 244 g/mol. The molecule has 92 valence electrons. The molecule has 2 aromatic rings. The average Bonchev–Trinajstić information content (AvgIpc) is 2.41. The van der Waals surface area contributed by atoms with E-state index < -0.39 is 5.82 Å². The number of aryl methyl sites for hydroxylation is 1. The van der Waals surface area contributed by atoms with E-state index in [1.54, 1.807) is 43.3 Å². The number of ether oxygens (including phenoxy) is 1. The number of benzene rings is 2. The summed E-state index contributed by atoms with van der Waals surface area (Å²) in [7, 11) is 0. The van der Waals surface area contributed by atoms with Crippen LogP contribution in [0.5, 0.6) is 5.75 Å². The van der Waals surface area contributed by atoms with Gasteiger partial charge < -0.3 is 4.74 Å². The van der Waals surface area contributed by atoms with Gasteiger partial charge >= 0.3 is 0 Å². The molecule has 0 heterocycles. The van der Waals surface area contributed by atoms with E-state index in [1.807, 2.05) is 6.07 Å². The summed E-state index contributed by atoms with van der Waals surface area (Å²) in [5, 5.41) is 0. The van der Waals surface area contributed by atoms with Crippen LogP contribution in [-0.4, -0.2) is 12.4 Å². The van der Waals surface area contributed by atoms with Gasteiger partial charge in [-0.25, -0.2) is 4.39 Å². The second-order valence-electron chi connectivity index (χ2n) is 3.96. The fourth-order valence-electron chi connectivity index (χ4n) is 1.58. The molecule has 2 rings (SSSR count). The maximum atomic E-state index is 13.6. The highest BCUT2D eigenvalue weighted by molar-refractivity contribution is 5.97. The Balaban J connectivity index is 2.04. The zero-order valence-electron chi connectivity index (χ0n) is 10.0. The van der Waals surface area contributed by atoms with E-state index >= 15 is 0 Å². The highest BCUT2D eigenvalue weighted by Gasteiger charge is 2.09. The van der Waals surface area contributed by atoms with Crippen LogP contribution in [0.3, 0.4) is 0 Å². The molecule has 0 N–H and O–H groups in total. The number of carbonyl (C=O) groups excluding carboxylic acids is 1. The Labute approximate surface area is 105 Å². The summed E-state index contributed by atoms with van der Waals surface area (Å²) in [6.45, 7) is 1.49. The van der Waals surface area contributed by atoms with Gasteiger partial charge in [0.25, 0.3) is 0 Å². The number of carbonyl (C=O) groups is 1. The third-order valence-corrected chi connectivity index (χ3v) is 2.61. The second-order valence-corrected chi connectivity index (χ2v) is 3.96. The minimum absolute atomic E-state index is 0.110. The SMILES string of the molecule is Cc1cccc(OCC(=O)c2ccccc2)c1F. The second kappa shape index (κ2) is 5.45. The smallest absolute Gasteiger partial charge is 0.200 e. The predicted molar refractivity (Wildman–Crippen MR) is 67.4 cm³/mol. The summed E-state index contributed by atoms with van der Waals surface area (Å²) >= 11 is 0. The highest BCUT2D eigenvalue weighted by atomic mass is 19.1. The van der Waals surface area contributed by atoms with Gasteiger partial charge in [0.2, 0.25) is 0 Å². The molecule has 18 heavy (non-hydrogen) atoms. The van der Waals surface area contributed by atoms with E-state index in [4.69, 9.17) is 4.74 Å². The lowest BCUT2D eigenvalue weighted by atomic mass is 10.1. The molecule has 0 atom stereocenters. The molecular formula is C15H13FO2. The van der Waals surface area contributed by atoms with E-state index in [9.17, 15) is 9.18 Å². The number of hydrogen-bond acceptors (Lipinski definition) is 2. The average molecular weight is 244 g/mol. The Kier molecular flexibility index (Phi) is 3.72. The van der Waals surface area contributed by atoms with Crippen molar-refractivity contribution in [2.24, 2.45) is 0 Å². The van der Waals surface area contributed by atoms with Crippen molar-refractivity contribution in [1.82, 2.24) is 0 Å². The van der Waals surface area contributed by atoms with Crippen LogP contribution in [0.4, 0.5) is 4.39 Å². The number of halogens is 1. The van der Waals surface area contributed by atoms with E-state index in [0.29, 0.717) is 11.1 Å². The van der Waals surface area contributed by atoms with Crippen LogP contribution in [0, 0.1) is 12.7 Å². The number of hydrogen-bond donors (Lipinski definition) is 0. The third-order valence-electron chi connectivity index (χ3n) is 2.61. The lowest BCUT2D eigenvalue weighted by Crippen LogP contribution is -2.12. The molecule has 0 aliphatic heterocycles. The first-order valence-corrected chi connectivity index (χ1v) is 5.64. The van der Waals surface area contributed by atoms with Gasteiger partial charge in [0.05, 0.1) is 0 Å². The third kappa shape index (κ3) is 2.74. The first-order chi connectivity index (χ1) is 8.68. The normalized spacial score (nSPS) is 10.1. The molecule has 0 radical (unpaired) electrons. The van der Waals surface area contributed by atoms with Crippen LogP contribution in [0.1, 0.15) is 15.9 Å². The molecule has 0 fully saturated rings. The van der Waals surface area contributed by atoms with Crippen LogP contribution in [0.15, 0.2) is 48.5 Å². The molecular weight excluding hydrogens is 231 g/mol. The number of Topliss-reactive ketones (excluding diaryl/α,β-unsaturated/α-hetero) is 1. The van der Waals surface area contributed by atoms with Crippen molar-refractivity contribution < 1.29 is 13.9 Å². The first kappa shape index (κ1) is 12.3. The molecule has 2 aromatic carbocycles. The fourth-order valence-corrected chi connectivity index (χ4v) is 1.58. The summed E-state index contributed by atoms with van der Waals surface area (Å²) < 4.78 is 18.8. The Morgan fingerprint density at radius 1 is 1.11 bits per heavy atom. The molecule has 0 aliphatic rings. The van der Waals surface area contributed by atoms with Gasteiger partial charge in [-0.3, -0.25) is 4.79 Å². The van der Waals surface area contributed by atoms with Gasteiger partial charge in [0, 0.05) is 5.56 Å². The van der Waals surface area contributed by atoms with Gasteiger partial charge in [-0.1, -0.05) is 42.5 Å². The summed E-state index contributed by atoms with van der Waals surface area (Å²) in [6.07, 6.45) is 0. The summed E-state index contributed by atoms with van der Waals surface area (Å²) in [5.41, 5.74) is 1.06. The molecule has 0 amide bonds. The highest BCUT2D eigenvalue weighted by Crippen LogP contribution is 2.19. The van der Waals surface area contributed by atoms with E-state index in [1.165, 1.54) is 6.07 Å². The van der Waals surface area contributed by atoms with E-state index in [2.05, 4.69) is 0 Å². The molecule has 0 saturated heterocycles. The minimum Gasteiger partial charge on any atom is -0.482 e. The fraction of sp³-hybridized carbons (Fsp3) is 0.133. The predicted octanol–water partition coefficient (Wildman–Crippen LogP) is 3.40. The van der Waals surface area contributed by atoms with Gasteiger partial charge in [0.1, 0.15) is 0 Å². The standard InChI is InChI=1S/C15H13FO2/c1-11-6-5-9-14(15(11)16)18-10-13(17)12-7-3-2-4-8-12/h2-9H,10H2,1H3. The maximum Gasteiger partial charge on any atom is 0.200 e. The van der Waals surface area contributed by atoms with Crippen molar-refractivity contribution >= 4 is 5.78 Å². The van der Waals surface area contributed by atoms with Gasteiger partial charge in [-0.15, -0.1) is 0 Å².